The van der Waals surface area contributed by atoms with E-state index in [9.17, 15) is 0 Å². The minimum absolute atomic E-state index is 0.538. The van der Waals surface area contributed by atoms with E-state index in [1.165, 1.54) is 71.8 Å². The van der Waals surface area contributed by atoms with Gasteiger partial charge in [-0.1, -0.05) is 164 Å². The van der Waals surface area contributed by atoms with Crippen molar-refractivity contribution in [2.45, 2.75) is 5.41 Å². The maximum Gasteiger partial charge on any atom is 0.143 e. The van der Waals surface area contributed by atoms with Gasteiger partial charge < -0.3 is 4.42 Å². The lowest BCUT2D eigenvalue weighted by Crippen LogP contribution is -2.28. The Labute approximate surface area is 302 Å². The number of fused-ring (bicyclic) bond motifs is 9. The highest BCUT2D eigenvalue weighted by atomic mass is 16.3. The Hall–Kier alpha value is -6.70. The van der Waals surface area contributed by atoms with Crippen LogP contribution in [-0.4, -0.2) is 0 Å². The van der Waals surface area contributed by atoms with Gasteiger partial charge in [0.1, 0.15) is 11.2 Å². The van der Waals surface area contributed by atoms with Crippen LogP contribution in [0.4, 0.5) is 0 Å². The minimum Gasteiger partial charge on any atom is -0.455 e. The van der Waals surface area contributed by atoms with Crippen molar-refractivity contribution in [1.29, 1.82) is 0 Å². The van der Waals surface area contributed by atoms with E-state index in [1.807, 2.05) is 0 Å². The third kappa shape index (κ3) is 4.05. The Balaban J connectivity index is 1.23. The second-order valence-electron chi connectivity index (χ2n) is 14.0. The molecule has 1 aromatic heterocycles. The number of furan rings is 1. The molecule has 242 valence electrons. The molecule has 52 heavy (non-hydrogen) atoms. The van der Waals surface area contributed by atoms with Crippen molar-refractivity contribution in [2.24, 2.45) is 0 Å². The highest BCUT2D eigenvalue weighted by Crippen LogP contribution is 2.58. The van der Waals surface area contributed by atoms with Crippen LogP contribution in [0.15, 0.2) is 199 Å². The van der Waals surface area contributed by atoms with Gasteiger partial charge in [0, 0.05) is 16.2 Å². The maximum absolute atomic E-state index is 6.64. The van der Waals surface area contributed by atoms with Gasteiger partial charge in [0.25, 0.3) is 0 Å². The highest BCUT2D eigenvalue weighted by molar-refractivity contribution is 6.19. The molecular weight excluding hydrogens is 629 g/mol. The van der Waals surface area contributed by atoms with Crippen molar-refractivity contribution < 1.29 is 4.42 Å². The molecule has 0 bridgehead atoms. The zero-order valence-corrected chi connectivity index (χ0v) is 28.4. The van der Waals surface area contributed by atoms with Gasteiger partial charge in [-0.25, -0.2) is 0 Å². The van der Waals surface area contributed by atoms with Crippen LogP contribution in [0.2, 0.25) is 0 Å². The molecule has 9 aromatic carbocycles. The van der Waals surface area contributed by atoms with Crippen LogP contribution in [0.25, 0.3) is 76.9 Å². The SMILES string of the molecule is c1ccc(-c2cccc3cc4c(cc23)C(c2ccccc2)(c2ccccc2)c2cc(-c3cccc5oc6c7ccccc7ccc6c35)ccc2-4)cc1. The van der Waals surface area contributed by atoms with Crippen LogP contribution >= 0.6 is 0 Å². The summed E-state index contributed by atoms with van der Waals surface area (Å²) in [6, 6.07) is 71.2. The number of hydrogen-bond donors (Lipinski definition) is 0. The molecule has 1 heteroatoms. The summed E-state index contributed by atoms with van der Waals surface area (Å²) in [6.45, 7) is 0. The zero-order valence-electron chi connectivity index (χ0n) is 28.4. The van der Waals surface area contributed by atoms with Crippen LogP contribution in [0.1, 0.15) is 22.3 Å². The second kappa shape index (κ2) is 11.2. The fourth-order valence-corrected chi connectivity index (χ4v) is 9.09. The van der Waals surface area contributed by atoms with Crippen LogP contribution in [0.5, 0.6) is 0 Å². The molecule has 1 aliphatic rings. The molecule has 0 fully saturated rings. The first-order valence-corrected chi connectivity index (χ1v) is 18.0. The first kappa shape index (κ1) is 29.1. The molecule has 1 nitrogen and oxygen atoms in total. The Morgan fingerprint density at radius 1 is 0.346 bits per heavy atom. The van der Waals surface area contributed by atoms with E-state index in [0.29, 0.717) is 0 Å². The molecule has 0 N–H and O–H groups in total. The predicted octanol–water partition coefficient (Wildman–Crippen LogP) is 13.6. The van der Waals surface area contributed by atoms with Crippen molar-refractivity contribution in [3.63, 3.8) is 0 Å². The van der Waals surface area contributed by atoms with Crippen molar-refractivity contribution in [1.82, 2.24) is 0 Å². The summed E-state index contributed by atoms with van der Waals surface area (Å²) in [4.78, 5) is 0. The molecule has 0 aliphatic heterocycles. The second-order valence-corrected chi connectivity index (χ2v) is 14.0. The molecule has 0 radical (unpaired) electrons. The third-order valence-electron chi connectivity index (χ3n) is 11.3. The summed E-state index contributed by atoms with van der Waals surface area (Å²) in [7, 11) is 0. The van der Waals surface area contributed by atoms with Gasteiger partial charge in [-0.15, -0.1) is 0 Å². The Morgan fingerprint density at radius 2 is 1.00 bits per heavy atom. The summed E-state index contributed by atoms with van der Waals surface area (Å²) in [5, 5.41) is 7.13. The topological polar surface area (TPSA) is 13.1 Å². The summed E-state index contributed by atoms with van der Waals surface area (Å²) in [5.41, 5.74) is 13.8. The summed E-state index contributed by atoms with van der Waals surface area (Å²) < 4.78 is 6.64. The average Bonchev–Trinajstić information content (AvgIpc) is 3.74. The lowest BCUT2D eigenvalue weighted by Gasteiger charge is -2.34. The van der Waals surface area contributed by atoms with E-state index < -0.39 is 5.41 Å². The van der Waals surface area contributed by atoms with Gasteiger partial charge in [-0.3, -0.25) is 0 Å². The number of benzene rings is 9. The monoisotopic (exact) mass is 660 g/mol. The zero-order chi connectivity index (χ0) is 34.2. The van der Waals surface area contributed by atoms with Crippen molar-refractivity contribution >= 4 is 43.5 Å². The smallest absolute Gasteiger partial charge is 0.143 e. The van der Waals surface area contributed by atoms with E-state index in [0.717, 1.165) is 27.3 Å². The van der Waals surface area contributed by atoms with Crippen LogP contribution < -0.4 is 0 Å². The third-order valence-corrected chi connectivity index (χ3v) is 11.3. The molecule has 0 saturated carbocycles. The van der Waals surface area contributed by atoms with Crippen molar-refractivity contribution in [2.75, 3.05) is 0 Å². The molecule has 0 saturated heterocycles. The molecule has 1 aliphatic carbocycles. The molecule has 0 amide bonds. The van der Waals surface area contributed by atoms with Gasteiger partial charge in [0.05, 0.1) is 5.41 Å². The number of rotatable bonds is 4. The van der Waals surface area contributed by atoms with E-state index in [1.54, 1.807) is 0 Å². The quantitative estimate of drug-likeness (QED) is 0.183. The van der Waals surface area contributed by atoms with Crippen LogP contribution in [0, 0.1) is 0 Å². The molecular formula is C51H32O. The number of hydrogen-bond acceptors (Lipinski definition) is 1. The summed E-state index contributed by atoms with van der Waals surface area (Å²) in [5.74, 6) is 0. The highest BCUT2D eigenvalue weighted by Gasteiger charge is 2.46. The molecule has 10 aromatic rings. The van der Waals surface area contributed by atoms with E-state index >= 15 is 0 Å². The molecule has 11 rings (SSSR count). The Kier molecular flexibility index (Phi) is 6.23. The summed E-state index contributed by atoms with van der Waals surface area (Å²) in [6.07, 6.45) is 0. The molecule has 1 heterocycles. The first-order chi connectivity index (χ1) is 25.8. The van der Waals surface area contributed by atoms with Gasteiger partial charge in [-0.05, 0) is 102 Å². The fourth-order valence-electron chi connectivity index (χ4n) is 9.09. The fraction of sp³-hybridized carbons (Fsp3) is 0.0196. The largest absolute Gasteiger partial charge is 0.455 e. The standard InChI is InChI=1S/C51H32O/c1-4-14-33(15-5-1)39-23-12-17-35-30-45-42-28-27-36(40-24-13-25-48-49(40)43-29-26-34-16-10-11-22-41(34)50(43)52-48)31-46(42)51(47(45)32-44(35)39,37-18-6-2-7-19-37)38-20-8-3-9-21-38/h1-32H. The van der Waals surface area contributed by atoms with Gasteiger partial charge in [-0.2, -0.15) is 0 Å². The normalized spacial score (nSPS) is 13.2. The van der Waals surface area contributed by atoms with E-state index in [-0.39, 0.29) is 0 Å². The van der Waals surface area contributed by atoms with Gasteiger partial charge in [0.2, 0.25) is 0 Å². The van der Waals surface area contributed by atoms with E-state index in [4.69, 9.17) is 4.42 Å². The minimum atomic E-state index is -0.538. The predicted molar refractivity (Wildman–Crippen MR) is 217 cm³/mol. The van der Waals surface area contributed by atoms with Crippen LogP contribution in [-0.2, 0) is 5.41 Å². The van der Waals surface area contributed by atoms with Gasteiger partial charge >= 0.3 is 0 Å². The van der Waals surface area contributed by atoms with Gasteiger partial charge in [0.15, 0.2) is 0 Å². The summed E-state index contributed by atoms with van der Waals surface area (Å²) >= 11 is 0. The lowest BCUT2D eigenvalue weighted by atomic mass is 9.67. The average molecular weight is 661 g/mol. The molecule has 0 unspecified atom stereocenters. The van der Waals surface area contributed by atoms with Crippen LogP contribution in [0.3, 0.4) is 0 Å². The lowest BCUT2D eigenvalue weighted by molar-refractivity contribution is 0.673. The Bertz CT molecular complexity index is 2950. The Morgan fingerprint density at radius 3 is 1.79 bits per heavy atom. The first-order valence-electron chi connectivity index (χ1n) is 18.0. The maximum atomic E-state index is 6.64. The van der Waals surface area contributed by atoms with Crippen molar-refractivity contribution in [3.8, 4) is 33.4 Å². The molecule has 0 atom stereocenters. The molecule has 0 spiro atoms. The van der Waals surface area contributed by atoms with Crippen molar-refractivity contribution in [3.05, 3.63) is 216 Å². The van der Waals surface area contributed by atoms with E-state index in [2.05, 4.69) is 194 Å².